The average Bonchev–Trinajstić information content (AvgIpc) is 2.53. The van der Waals surface area contributed by atoms with E-state index in [2.05, 4.69) is 13.8 Å². The number of methoxy groups -OCH3 is 2. The van der Waals surface area contributed by atoms with Crippen LogP contribution in [-0.4, -0.2) is 40.0 Å². The van der Waals surface area contributed by atoms with E-state index in [4.69, 9.17) is 9.47 Å². The molecular formula is C16H27NO4S. The Kier molecular flexibility index (Phi) is 7.68. The van der Waals surface area contributed by atoms with Crippen molar-refractivity contribution in [2.45, 2.75) is 44.4 Å². The topological polar surface area (TPSA) is 55.8 Å². The summed E-state index contributed by atoms with van der Waals surface area (Å²) in [5, 5.41) is 0. The molecule has 5 nitrogen and oxygen atoms in total. The minimum atomic E-state index is -3.56. The van der Waals surface area contributed by atoms with Crippen molar-refractivity contribution in [2.24, 2.45) is 0 Å². The number of hydrogen-bond acceptors (Lipinski definition) is 4. The fourth-order valence-electron chi connectivity index (χ4n) is 2.15. The Morgan fingerprint density at radius 1 is 1.00 bits per heavy atom. The largest absolute Gasteiger partial charge is 0.497 e. The Labute approximate surface area is 134 Å². The first-order valence-electron chi connectivity index (χ1n) is 7.73. The van der Waals surface area contributed by atoms with E-state index in [1.54, 1.807) is 22.5 Å². The summed E-state index contributed by atoms with van der Waals surface area (Å²) >= 11 is 0. The van der Waals surface area contributed by atoms with E-state index in [0.29, 0.717) is 24.6 Å². The van der Waals surface area contributed by atoms with Crippen molar-refractivity contribution in [1.29, 1.82) is 0 Å². The molecule has 0 fully saturated rings. The molecule has 1 aromatic carbocycles. The molecule has 6 heteroatoms. The summed E-state index contributed by atoms with van der Waals surface area (Å²) in [5.41, 5.74) is 0. The molecule has 0 bridgehead atoms. The third-order valence-corrected chi connectivity index (χ3v) is 5.45. The molecule has 0 atom stereocenters. The first-order chi connectivity index (χ1) is 10.5. The van der Waals surface area contributed by atoms with Crippen LogP contribution in [0.25, 0.3) is 0 Å². The zero-order valence-electron chi connectivity index (χ0n) is 14.0. The Morgan fingerprint density at radius 3 is 2.05 bits per heavy atom. The first kappa shape index (κ1) is 18.8. The van der Waals surface area contributed by atoms with Gasteiger partial charge in [-0.1, -0.05) is 26.7 Å². The van der Waals surface area contributed by atoms with Crippen molar-refractivity contribution in [2.75, 3.05) is 27.3 Å². The van der Waals surface area contributed by atoms with Gasteiger partial charge >= 0.3 is 0 Å². The van der Waals surface area contributed by atoms with Gasteiger partial charge in [0.2, 0.25) is 10.0 Å². The normalized spacial score (nSPS) is 11.7. The Morgan fingerprint density at radius 2 is 1.59 bits per heavy atom. The molecule has 0 aliphatic heterocycles. The third kappa shape index (κ3) is 4.61. The average molecular weight is 329 g/mol. The number of unbranched alkanes of at least 4 members (excludes halogenated alkanes) is 2. The fraction of sp³-hybridized carbons (Fsp3) is 0.625. The molecule has 22 heavy (non-hydrogen) atoms. The monoisotopic (exact) mass is 329 g/mol. The molecule has 0 aliphatic carbocycles. The van der Waals surface area contributed by atoms with E-state index in [0.717, 1.165) is 25.7 Å². The van der Waals surface area contributed by atoms with Crippen LogP contribution < -0.4 is 9.47 Å². The quantitative estimate of drug-likeness (QED) is 0.661. The second kappa shape index (κ2) is 9.00. The van der Waals surface area contributed by atoms with E-state index in [-0.39, 0.29) is 4.90 Å². The van der Waals surface area contributed by atoms with E-state index in [1.165, 1.54) is 14.2 Å². The highest BCUT2D eigenvalue weighted by Crippen LogP contribution is 2.30. The van der Waals surface area contributed by atoms with Crippen molar-refractivity contribution in [3.8, 4) is 11.5 Å². The second-order valence-corrected chi connectivity index (χ2v) is 7.03. The number of nitrogens with zero attached hydrogens (tertiary/aromatic N) is 1. The van der Waals surface area contributed by atoms with Gasteiger partial charge in [-0.25, -0.2) is 8.42 Å². The predicted octanol–water partition coefficient (Wildman–Crippen LogP) is 3.29. The van der Waals surface area contributed by atoms with Gasteiger partial charge in [-0.15, -0.1) is 0 Å². The van der Waals surface area contributed by atoms with Crippen LogP contribution in [0, 0.1) is 0 Å². The van der Waals surface area contributed by atoms with E-state index < -0.39 is 10.0 Å². The maximum atomic E-state index is 12.9. The van der Waals surface area contributed by atoms with Gasteiger partial charge < -0.3 is 9.47 Å². The molecule has 0 heterocycles. The van der Waals surface area contributed by atoms with Gasteiger partial charge in [0, 0.05) is 19.2 Å². The molecule has 0 aliphatic rings. The molecule has 126 valence electrons. The van der Waals surface area contributed by atoms with E-state index >= 15 is 0 Å². The summed E-state index contributed by atoms with van der Waals surface area (Å²) in [5.74, 6) is 0.891. The van der Waals surface area contributed by atoms with Gasteiger partial charge in [-0.3, -0.25) is 0 Å². The lowest BCUT2D eigenvalue weighted by Gasteiger charge is -2.23. The smallest absolute Gasteiger partial charge is 0.246 e. The number of benzene rings is 1. The molecule has 0 N–H and O–H groups in total. The summed E-state index contributed by atoms with van der Waals surface area (Å²) in [4.78, 5) is 0.197. The second-order valence-electron chi connectivity index (χ2n) is 5.13. The maximum absolute atomic E-state index is 12.9. The third-order valence-electron chi connectivity index (χ3n) is 3.51. The van der Waals surface area contributed by atoms with Crippen LogP contribution in [-0.2, 0) is 10.0 Å². The number of ether oxygens (including phenoxy) is 2. The predicted molar refractivity (Wildman–Crippen MR) is 88.1 cm³/mol. The highest BCUT2D eigenvalue weighted by atomic mass is 32.2. The summed E-state index contributed by atoms with van der Waals surface area (Å²) in [6, 6.07) is 4.80. The molecule has 0 saturated heterocycles. The standard InChI is InChI=1S/C16H27NO4S/c1-5-7-11-17(12-8-6-2)22(18,19)16-10-9-14(20-3)13-15(16)21-4/h9-10,13H,5-8,11-12H2,1-4H3. The Hall–Kier alpha value is -1.27. The SMILES string of the molecule is CCCCN(CCCC)S(=O)(=O)c1ccc(OC)cc1OC. The van der Waals surface area contributed by atoms with Gasteiger partial charge in [-0.05, 0) is 25.0 Å². The zero-order chi connectivity index (χ0) is 16.6. The van der Waals surface area contributed by atoms with Crippen molar-refractivity contribution in [3.05, 3.63) is 18.2 Å². The first-order valence-corrected chi connectivity index (χ1v) is 9.17. The van der Waals surface area contributed by atoms with Gasteiger partial charge in [0.1, 0.15) is 16.4 Å². The number of rotatable bonds is 10. The highest BCUT2D eigenvalue weighted by Gasteiger charge is 2.27. The van der Waals surface area contributed by atoms with Crippen molar-refractivity contribution in [3.63, 3.8) is 0 Å². The van der Waals surface area contributed by atoms with Gasteiger partial charge in [0.05, 0.1) is 14.2 Å². The lowest BCUT2D eigenvalue weighted by Crippen LogP contribution is -2.33. The minimum Gasteiger partial charge on any atom is -0.497 e. The molecule has 1 aromatic rings. The van der Waals surface area contributed by atoms with E-state index in [9.17, 15) is 8.42 Å². The van der Waals surface area contributed by atoms with Crippen LogP contribution in [0.2, 0.25) is 0 Å². The summed E-state index contributed by atoms with van der Waals surface area (Å²) in [6.45, 7) is 5.18. The van der Waals surface area contributed by atoms with Gasteiger partial charge in [0.25, 0.3) is 0 Å². The number of sulfonamides is 1. The zero-order valence-corrected chi connectivity index (χ0v) is 14.8. The van der Waals surface area contributed by atoms with Crippen LogP contribution in [0.5, 0.6) is 11.5 Å². The molecule has 0 amide bonds. The lowest BCUT2D eigenvalue weighted by molar-refractivity contribution is 0.374. The van der Waals surface area contributed by atoms with E-state index in [1.807, 2.05) is 0 Å². The van der Waals surface area contributed by atoms with Crippen LogP contribution in [0.1, 0.15) is 39.5 Å². The molecule has 0 spiro atoms. The lowest BCUT2D eigenvalue weighted by atomic mass is 10.3. The highest BCUT2D eigenvalue weighted by molar-refractivity contribution is 7.89. The van der Waals surface area contributed by atoms with Crippen LogP contribution >= 0.6 is 0 Å². The van der Waals surface area contributed by atoms with Crippen molar-refractivity contribution in [1.82, 2.24) is 4.31 Å². The van der Waals surface area contributed by atoms with Crippen LogP contribution in [0.3, 0.4) is 0 Å². The molecule has 0 saturated carbocycles. The fourth-order valence-corrected chi connectivity index (χ4v) is 3.80. The van der Waals surface area contributed by atoms with Crippen LogP contribution in [0.15, 0.2) is 23.1 Å². The van der Waals surface area contributed by atoms with Gasteiger partial charge in [-0.2, -0.15) is 4.31 Å². The molecule has 0 aromatic heterocycles. The van der Waals surface area contributed by atoms with Crippen LogP contribution in [0.4, 0.5) is 0 Å². The van der Waals surface area contributed by atoms with Gasteiger partial charge in [0.15, 0.2) is 0 Å². The Balaban J connectivity index is 3.17. The summed E-state index contributed by atoms with van der Waals surface area (Å²) in [6.07, 6.45) is 3.61. The Bertz CT molecular complexity index is 549. The molecule has 0 radical (unpaired) electrons. The maximum Gasteiger partial charge on any atom is 0.246 e. The molecule has 1 rings (SSSR count). The van der Waals surface area contributed by atoms with Crippen molar-refractivity contribution < 1.29 is 17.9 Å². The summed E-state index contributed by atoms with van der Waals surface area (Å²) < 4.78 is 37.8. The molecular weight excluding hydrogens is 302 g/mol. The summed E-state index contributed by atoms with van der Waals surface area (Å²) in [7, 11) is -0.553. The molecule has 0 unspecified atom stereocenters. The minimum absolute atomic E-state index is 0.197. The van der Waals surface area contributed by atoms with Crippen molar-refractivity contribution >= 4 is 10.0 Å². The number of hydrogen-bond donors (Lipinski definition) is 0.